The van der Waals surface area contributed by atoms with Gasteiger partial charge in [0.1, 0.15) is 0 Å². The molecule has 0 aliphatic carbocycles. The number of aromatic nitrogens is 1. The molecule has 1 aromatic heterocycles. The summed E-state index contributed by atoms with van der Waals surface area (Å²) in [5.41, 5.74) is 2.03. The van der Waals surface area contributed by atoms with Crippen molar-refractivity contribution in [1.29, 1.82) is 0 Å². The van der Waals surface area contributed by atoms with Gasteiger partial charge in [-0.15, -0.1) is 0 Å². The van der Waals surface area contributed by atoms with Crippen LogP contribution in [-0.4, -0.2) is 28.9 Å². The Labute approximate surface area is 99.4 Å². The maximum Gasteiger partial charge on any atom is 0.335 e. The van der Waals surface area contributed by atoms with E-state index in [9.17, 15) is 9.90 Å². The van der Waals surface area contributed by atoms with Crippen molar-refractivity contribution in [1.82, 2.24) is 4.57 Å². The predicted molar refractivity (Wildman–Crippen MR) is 64.6 cm³/mol. The quantitative estimate of drug-likeness (QED) is 0.812. The van der Waals surface area contributed by atoms with E-state index in [0.717, 1.165) is 16.5 Å². The van der Waals surface area contributed by atoms with Gasteiger partial charge in [-0.05, 0) is 17.7 Å². The second-order valence-corrected chi connectivity index (χ2v) is 4.02. The van der Waals surface area contributed by atoms with E-state index in [1.807, 2.05) is 42.1 Å². The number of nitrogens with zero attached hydrogens (tertiary/aromatic N) is 1. The topological polar surface area (TPSA) is 51.5 Å². The number of fused-ring (bicyclic) bond motifs is 1. The third-order valence-electron chi connectivity index (χ3n) is 2.90. The molecule has 0 saturated carbocycles. The number of aryl methyl sites for hydroxylation is 1. The van der Waals surface area contributed by atoms with Crippen LogP contribution in [0.5, 0.6) is 0 Å². The van der Waals surface area contributed by atoms with Crippen molar-refractivity contribution in [2.45, 2.75) is 12.5 Å². The van der Waals surface area contributed by atoms with E-state index in [1.54, 1.807) is 0 Å². The molecule has 0 fully saturated rings. The summed E-state index contributed by atoms with van der Waals surface area (Å²) in [4.78, 5) is 11.2. The summed E-state index contributed by atoms with van der Waals surface area (Å²) >= 11 is 0. The highest BCUT2D eigenvalue weighted by atomic mass is 16.5. The van der Waals surface area contributed by atoms with E-state index in [1.165, 1.54) is 7.11 Å². The molecule has 1 atom stereocenters. The Bertz CT molecular complexity index is 545. The fourth-order valence-electron chi connectivity index (χ4n) is 1.97. The molecule has 1 N–H and O–H groups in total. The molecule has 0 radical (unpaired) electrons. The predicted octanol–water partition coefficient (Wildman–Crippen LogP) is 1.25. The first-order chi connectivity index (χ1) is 8.13. The van der Waals surface area contributed by atoms with Crippen LogP contribution >= 0.6 is 0 Å². The monoisotopic (exact) mass is 233 g/mol. The number of rotatable bonds is 3. The molecule has 0 spiro atoms. The molecule has 1 aromatic carbocycles. The summed E-state index contributed by atoms with van der Waals surface area (Å²) < 4.78 is 6.51. The average Bonchev–Trinajstić information content (AvgIpc) is 2.71. The van der Waals surface area contributed by atoms with E-state index in [-0.39, 0.29) is 6.42 Å². The normalized spacial score (nSPS) is 12.6. The van der Waals surface area contributed by atoms with Crippen LogP contribution in [0.4, 0.5) is 0 Å². The molecular weight excluding hydrogens is 218 g/mol. The van der Waals surface area contributed by atoms with E-state index in [0.29, 0.717) is 0 Å². The lowest BCUT2D eigenvalue weighted by Gasteiger charge is -2.09. The second-order valence-electron chi connectivity index (χ2n) is 4.02. The van der Waals surface area contributed by atoms with Gasteiger partial charge in [-0.3, -0.25) is 0 Å². The number of methoxy groups -OCH3 is 1. The van der Waals surface area contributed by atoms with Crippen molar-refractivity contribution in [2.75, 3.05) is 7.11 Å². The minimum absolute atomic E-state index is 0.272. The van der Waals surface area contributed by atoms with Gasteiger partial charge in [0, 0.05) is 30.6 Å². The number of carbonyl (C=O) groups excluding carboxylic acids is 1. The SMILES string of the molecule is COC(=O)C(O)Cc1cccc2c1ccn2C. The van der Waals surface area contributed by atoms with Crippen LogP contribution in [0.3, 0.4) is 0 Å². The summed E-state index contributed by atoms with van der Waals surface area (Å²) in [5.74, 6) is -0.599. The van der Waals surface area contributed by atoms with Crippen LogP contribution in [0.15, 0.2) is 30.5 Å². The lowest BCUT2D eigenvalue weighted by atomic mass is 10.0. The first-order valence-corrected chi connectivity index (χ1v) is 5.42. The molecule has 4 nitrogen and oxygen atoms in total. The summed E-state index contributed by atoms with van der Waals surface area (Å²) in [7, 11) is 3.23. The first kappa shape index (κ1) is 11.7. The van der Waals surface area contributed by atoms with E-state index < -0.39 is 12.1 Å². The fraction of sp³-hybridized carbons (Fsp3) is 0.308. The first-order valence-electron chi connectivity index (χ1n) is 5.42. The Morgan fingerprint density at radius 1 is 1.47 bits per heavy atom. The fourth-order valence-corrected chi connectivity index (χ4v) is 1.97. The van der Waals surface area contributed by atoms with Gasteiger partial charge in [-0.2, -0.15) is 0 Å². The molecule has 90 valence electrons. The molecule has 1 unspecified atom stereocenters. The molecule has 4 heteroatoms. The van der Waals surface area contributed by atoms with Crippen LogP contribution in [0.25, 0.3) is 10.9 Å². The molecule has 2 rings (SSSR count). The van der Waals surface area contributed by atoms with Crippen LogP contribution < -0.4 is 0 Å². The largest absolute Gasteiger partial charge is 0.467 e. The number of carbonyl (C=O) groups is 1. The van der Waals surface area contributed by atoms with Crippen LogP contribution in [0.2, 0.25) is 0 Å². The Morgan fingerprint density at radius 2 is 2.24 bits per heavy atom. The molecule has 0 aliphatic rings. The number of aliphatic hydroxyl groups is 1. The highest BCUT2D eigenvalue weighted by Gasteiger charge is 2.17. The molecule has 0 amide bonds. The molecule has 0 bridgehead atoms. The summed E-state index contributed by atoms with van der Waals surface area (Å²) in [6.45, 7) is 0. The molecule has 1 heterocycles. The van der Waals surface area contributed by atoms with E-state index in [4.69, 9.17) is 0 Å². The number of hydrogen-bond acceptors (Lipinski definition) is 3. The van der Waals surface area contributed by atoms with E-state index >= 15 is 0 Å². The molecule has 0 saturated heterocycles. The minimum atomic E-state index is -1.11. The van der Waals surface area contributed by atoms with Crippen molar-refractivity contribution in [2.24, 2.45) is 7.05 Å². The molecule has 17 heavy (non-hydrogen) atoms. The summed E-state index contributed by atoms with van der Waals surface area (Å²) in [6.07, 6.45) is 1.12. The van der Waals surface area contributed by atoms with Crippen molar-refractivity contribution in [3.8, 4) is 0 Å². The van der Waals surface area contributed by atoms with Gasteiger partial charge in [-0.1, -0.05) is 12.1 Å². The van der Waals surface area contributed by atoms with Gasteiger partial charge in [-0.25, -0.2) is 4.79 Å². The Kier molecular flexibility index (Phi) is 3.15. The van der Waals surface area contributed by atoms with Crippen molar-refractivity contribution in [3.63, 3.8) is 0 Å². The zero-order chi connectivity index (χ0) is 12.4. The number of aliphatic hydroxyl groups excluding tert-OH is 1. The van der Waals surface area contributed by atoms with Gasteiger partial charge in [0.2, 0.25) is 0 Å². The van der Waals surface area contributed by atoms with Crippen LogP contribution in [0.1, 0.15) is 5.56 Å². The zero-order valence-electron chi connectivity index (χ0n) is 9.88. The molecule has 2 aromatic rings. The zero-order valence-corrected chi connectivity index (χ0v) is 9.88. The van der Waals surface area contributed by atoms with Crippen molar-refractivity contribution >= 4 is 16.9 Å². The standard InChI is InChI=1S/C13H15NO3/c1-14-7-6-10-9(4-3-5-11(10)14)8-12(15)13(16)17-2/h3-7,12,15H,8H2,1-2H3. The number of ether oxygens (including phenoxy) is 1. The highest BCUT2D eigenvalue weighted by molar-refractivity contribution is 5.84. The third kappa shape index (κ3) is 2.17. The second kappa shape index (κ2) is 4.59. The van der Waals surface area contributed by atoms with Gasteiger partial charge in [0.05, 0.1) is 7.11 Å². The molecular formula is C13H15NO3. The van der Waals surface area contributed by atoms with Gasteiger partial charge < -0.3 is 14.4 Å². The average molecular weight is 233 g/mol. The Morgan fingerprint density at radius 3 is 2.94 bits per heavy atom. The van der Waals surface area contributed by atoms with Crippen molar-refractivity contribution < 1.29 is 14.6 Å². The Hall–Kier alpha value is -1.81. The van der Waals surface area contributed by atoms with Crippen LogP contribution in [0, 0.1) is 0 Å². The van der Waals surface area contributed by atoms with Gasteiger partial charge in [0.15, 0.2) is 6.10 Å². The summed E-state index contributed by atoms with van der Waals surface area (Å²) in [5, 5.41) is 10.7. The lowest BCUT2D eigenvalue weighted by Crippen LogP contribution is -2.24. The van der Waals surface area contributed by atoms with Gasteiger partial charge >= 0.3 is 5.97 Å². The van der Waals surface area contributed by atoms with E-state index in [2.05, 4.69) is 4.74 Å². The number of esters is 1. The lowest BCUT2D eigenvalue weighted by molar-refractivity contribution is -0.150. The van der Waals surface area contributed by atoms with Crippen molar-refractivity contribution in [3.05, 3.63) is 36.0 Å². The highest BCUT2D eigenvalue weighted by Crippen LogP contribution is 2.20. The van der Waals surface area contributed by atoms with Gasteiger partial charge in [0.25, 0.3) is 0 Å². The molecule has 0 aliphatic heterocycles. The maximum atomic E-state index is 11.2. The Balaban J connectivity index is 2.33. The third-order valence-corrected chi connectivity index (χ3v) is 2.90. The summed E-state index contributed by atoms with van der Waals surface area (Å²) in [6, 6.07) is 7.81. The minimum Gasteiger partial charge on any atom is -0.467 e. The number of hydrogen-bond donors (Lipinski definition) is 1. The smallest absolute Gasteiger partial charge is 0.335 e. The maximum absolute atomic E-state index is 11.2. The number of benzene rings is 1. The van der Waals surface area contributed by atoms with Crippen LogP contribution in [-0.2, 0) is 23.0 Å².